The van der Waals surface area contributed by atoms with Crippen molar-refractivity contribution in [3.63, 3.8) is 0 Å². The van der Waals surface area contributed by atoms with Crippen LogP contribution in [-0.4, -0.2) is 43.1 Å². The van der Waals surface area contributed by atoms with E-state index < -0.39 is 11.8 Å². The van der Waals surface area contributed by atoms with E-state index in [9.17, 15) is 9.59 Å². The predicted octanol–water partition coefficient (Wildman–Crippen LogP) is 1.71. The third kappa shape index (κ3) is 4.02. The summed E-state index contributed by atoms with van der Waals surface area (Å²) in [5.41, 5.74) is 5.31. The van der Waals surface area contributed by atoms with Crippen LogP contribution in [-0.2, 0) is 4.74 Å². The van der Waals surface area contributed by atoms with E-state index in [0.717, 1.165) is 18.2 Å². The Morgan fingerprint density at radius 3 is 2.71 bits per heavy atom. The summed E-state index contributed by atoms with van der Waals surface area (Å²) >= 11 is 7.22. The van der Waals surface area contributed by atoms with E-state index in [-0.39, 0.29) is 5.69 Å². The van der Waals surface area contributed by atoms with E-state index in [2.05, 4.69) is 20.7 Å². The van der Waals surface area contributed by atoms with Crippen LogP contribution in [0, 0.1) is 0 Å². The highest BCUT2D eigenvalue weighted by Crippen LogP contribution is 2.21. The average molecular weight is 367 g/mol. The Bertz CT molecular complexity index is 746. The van der Waals surface area contributed by atoms with Gasteiger partial charge in [0.2, 0.25) is 0 Å². The summed E-state index contributed by atoms with van der Waals surface area (Å²) < 4.78 is 5.29. The van der Waals surface area contributed by atoms with Crippen molar-refractivity contribution in [1.29, 1.82) is 0 Å². The molecule has 0 bridgehead atoms. The maximum Gasteiger partial charge on any atom is 0.289 e. The van der Waals surface area contributed by atoms with E-state index in [4.69, 9.17) is 16.3 Å². The average Bonchev–Trinajstić information content (AvgIpc) is 3.10. The minimum atomic E-state index is -0.471. The number of aromatic nitrogens is 1. The highest BCUT2D eigenvalue weighted by molar-refractivity contribution is 7.13. The Morgan fingerprint density at radius 1 is 1.21 bits per heavy atom. The molecule has 0 spiro atoms. The minimum Gasteiger partial charge on any atom is -0.378 e. The van der Waals surface area contributed by atoms with Crippen molar-refractivity contribution in [2.75, 3.05) is 31.2 Å². The first-order valence-corrected chi connectivity index (χ1v) is 8.54. The number of carbonyl (C=O) groups excluding carboxylic acids is 2. The monoisotopic (exact) mass is 366 g/mol. The lowest BCUT2D eigenvalue weighted by atomic mass is 10.2. The van der Waals surface area contributed by atoms with Gasteiger partial charge in [-0.1, -0.05) is 17.7 Å². The fourth-order valence-electron chi connectivity index (χ4n) is 2.15. The van der Waals surface area contributed by atoms with Crippen molar-refractivity contribution < 1.29 is 14.3 Å². The summed E-state index contributed by atoms with van der Waals surface area (Å²) in [4.78, 5) is 30.4. The second-order valence-corrected chi connectivity index (χ2v) is 6.31. The first-order chi connectivity index (χ1) is 11.6. The van der Waals surface area contributed by atoms with E-state index >= 15 is 0 Å². The SMILES string of the molecule is O=C(NNC(=O)c1csc(N2CCOCC2)n1)c1cccc(Cl)c1. The third-order valence-corrected chi connectivity index (χ3v) is 4.52. The summed E-state index contributed by atoms with van der Waals surface area (Å²) in [6, 6.07) is 6.45. The zero-order valence-electron chi connectivity index (χ0n) is 12.6. The molecule has 2 aromatic rings. The number of anilines is 1. The third-order valence-electron chi connectivity index (χ3n) is 3.38. The molecule has 1 fully saturated rings. The lowest BCUT2D eigenvalue weighted by molar-refractivity contribution is 0.0844. The number of hydrogen-bond acceptors (Lipinski definition) is 6. The zero-order valence-corrected chi connectivity index (χ0v) is 14.2. The summed E-state index contributed by atoms with van der Waals surface area (Å²) in [5, 5.41) is 2.87. The largest absolute Gasteiger partial charge is 0.378 e. The van der Waals surface area contributed by atoms with Crippen LogP contribution in [0.1, 0.15) is 20.8 Å². The molecule has 2 amide bonds. The van der Waals surface area contributed by atoms with Gasteiger partial charge >= 0.3 is 0 Å². The van der Waals surface area contributed by atoms with Gasteiger partial charge in [0.05, 0.1) is 13.2 Å². The first kappa shape index (κ1) is 16.7. The van der Waals surface area contributed by atoms with Crippen molar-refractivity contribution in [2.45, 2.75) is 0 Å². The molecule has 0 saturated carbocycles. The molecule has 1 aliphatic rings. The standard InChI is InChI=1S/C15H15ClN4O3S/c16-11-3-1-2-10(8-11)13(21)18-19-14(22)12-9-24-15(17-12)20-4-6-23-7-5-20/h1-3,8-9H,4-7H2,(H,18,21)(H,19,22). The number of amides is 2. The molecule has 0 radical (unpaired) electrons. The van der Waals surface area contributed by atoms with Gasteiger partial charge in [-0.15, -0.1) is 11.3 Å². The van der Waals surface area contributed by atoms with Gasteiger partial charge in [-0.2, -0.15) is 0 Å². The molecule has 0 atom stereocenters. The van der Waals surface area contributed by atoms with Gasteiger partial charge in [-0.25, -0.2) is 4.98 Å². The zero-order chi connectivity index (χ0) is 16.9. The van der Waals surface area contributed by atoms with Gasteiger partial charge in [-0.05, 0) is 18.2 Å². The molecule has 3 rings (SSSR count). The van der Waals surface area contributed by atoms with Crippen molar-refractivity contribution in [1.82, 2.24) is 15.8 Å². The molecule has 126 valence electrons. The normalized spacial score (nSPS) is 14.3. The van der Waals surface area contributed by atoms with Crippen LogP contribution in [0.2, 0.25) is 5.02 Å². The molecule has 0 aliphatic carbocycles. The molecule has 2 heterocycles. The predicted molar refractivity (Wildman–Crippen MR) is 91.5 cm³/mol. The lowest BCUT2D eigenvalue weighted by Gasteiger charge is -2.25. The van der Waals surface area contributed by atoms with Gasteiger partial charge in [0, 0.05) is 29.1 Å². The van der Waals surface area contributed by atoms with Crippen LogP contribution in [0.3, 0.4) is 0 Å². The minimum absolute atomic E-state index is 0.257. The maximum absolute atomic E-state index is 12.1. The number of nitrogens with one attached hydrogen (secondary N) is 2. The fourth-order valence-corrected chi connectivity index (χ4v) is 3.20. The molecule has 0 unspecified atom stereocenters. The Hall–Kier alpha value is -2.16. The molecule has 1 aromatic heterocycles. The summed E-state index contributed by atoms with van der Waals surface area (Å²) in [7, 11) is 0. The van der Waals surface area contributed by atoms with Crippen molar-refractivity contribution in [3.05, 3.63) is 45.9 Å². The Balaban J connectivity index is 1.57. The highest BCUT2D eigenvalue weighted by atomic mass is 35.5. The molecule has 7 nitrogen and oxygen atoms in total. The van der Waals surface area contributed by atoms with Crippen LogP contribution in [0.4, 0.5) is 5.13 Å². The van der Waals surface area contributed by atoms with Crippen molar-refractivity contribution in [2.24, 2.45) is 0 Å². The molecule has 1 saturated heterocycles. The number of halogens is 1. The van der Waals surface area contributed by atoms with E-state index in [1.165, 1.54) is 17.4 Å². The van der Waals surface area contributed by atoms with Gasteiger partial charge < -0.3 is 9.64 Å². The molecule has 24 heavy (non-hydrogen) atoms. The molecule has 1 aromatic carbocycles. The van der Waals surface area contributed by atoms with Crippen molar-refractivity contribution in [3.8, 4) is 0 Å². The quantitative estimate of drug-likeness (QED) is 0.808. The molecule has 9 heteroatoms. The number of nitrogens with zero attached hydrogens (tertiary/aromatic N) is 2. The smallest absolute Gasteiger partial charge is 0.289 e. The topological polar surface area (TPSA) is 83.6 Å². The number of carbonyl (C=O) groups is 2. The number of hydrogen-bond donors (Lipinski definition) is 2. The number of ether oxygens (including phenoxy) is 1. The molecule has 1 aliphatic heterocycles. The van der Waals surface area contributed by atoms with E-state index in [1.54, 1.807) is 23.6 Å². The Morgan fingerprint density at radius 2 is 1.96 bits per heavy atom. The van der Waals surface area contributed by atoms with Gasteiger partial charge in [0.25, 0.3) is 11.8 Å². The van der Waals surface area contributed by atoms with E-state index in [0.29, 0.717) is 23.8 Å². The van der Waals surface area contributed by atoms with Crippen LogP contribution in [0.25, 0.3) is 0 Å². The maximum atomic E-state index is 12.1. The fraction of sp³-hybridized carbons (Fsp3) is 0.267. The van der Waals surface area contributed by atoms with Gasteiger partial charge in [0.1, 0.15) is 5.69 Å². The summed E-state index contributed by atoms with van der Waals surface area (Å²) in [6.45, 7) is 2.80. The van der Waals surface area contributed by atoms with Crippen LogP contribution in [0.15, 0.2) is 29.6 Å². The second kappa shape index (κ2) is 7.61. The lowest BCUT2D eigenvalue weighted by Crippen LogP contribution is -2.41. The number of hydrazine groups is 1. The number of rotatable bonds is 3. The summed E-state index contributed by atoms with van der Waals surface area (Å²) in [6.07, 6.45) is 0. The van der Waals surface area contributed by atoms with E-state index in [1.807, 2.05) is 0 Å². The summed E-state index contributed by atoms with van der Waals surface area (Å²) in [5.74, 6) is -0.921. The molecule has 2 N–H and O–H groups in total. The second-order valence-electron chi connectivity index (χ2n) is 5.03. The van der Waals surface area contributed by atoms with Crippen LogP contribution in [0.5, 0.6) is 0 Å². The first-order valence-electron chi connectivity index (χ1n) is 7.28. The van der Waals surface area contributed by atoms with Crippen molar-refractivity contribution >= 4 is 39.9 Å². The van der Waals surface area contributed by atoms with Gasteiger partial charge in [0.15, 0.2) is 5.13 Å². The van der Waals surface area contributed by atoms with Gasteiger partial charge in [-0.3, -0.25) is 20.4 Å². The van der Waals surface area contributed by atoms with Crippen LogP contribution >= 0.6 is 22.9 Å². The number of thiazole rings is 1. The molecular weight excluding hydrogens is 352 g/mol. The number of benzene rings is 1. The Labute approximate surface area is 147 Å². The molecular formula is C15H15ClN4O3S. The highest BCUT2D eigenvalue weighted by Gasteiger charge is 2.18. The van der Waals surface area contributed by atoms with Crippen LogP contribution < -0.4 is 15.8 Å². The Kier molecular flexibility index (Phi) is 5.29. The number of morpholine rings is 1.